The second-order valence-corrected chi connectivity index (χ2v) is 8.45. The van der Waals surface area contributed by atoms with Crippen molar-refractivity contribution in [1.29, 1.82) is 0 Å². The van der Waals surface area contributed by atoms with Gasteiger partial charge in [-0.1, -0.05) is 12.1 Å². The highest BCUT2D eigenvalue weighted by atomic mass is 79.9. The molecule has 0 aliphatic carbocycles. The molecule has 0 unspecified atom stereocenters. The molecule has 1 heterocycles. The Labute approximate surface area is 197 Å². The number of hydrogen-bond acceptors (Lipinski definition) is 7. The van der Waals surface area contributed by atoms with Crippen LogP contribution in [0.5, 0.6) is 5.75 Å². The molecule has 2 amide bonds. The molecule has 2 N–H and O–H groups in total. The van der Waals surface area contributed by atoms with E-state index >= 15 is 0 Å². The molecule has 0 aromatic heterocycles. The number of esters is 1. The van der Waals surface area contributed by atoms with E-state index in [2.05, 4.69) is 20.9 Å². The Balaban J connectivity index is 1.81. The van der Waals surface area contributed by atoms with Crippen LogP contribution in [0, 0.1) is 0 Å². The summed E-state index contributed by atoms with van der Waals surface area (Å²) in [6.07, 6.45) is 1.74. The number of benzene rings is 2. The molecule has 0 spiro atoms. The van der Waals surface area contributed by atoms with Crippen LogP contribution in [-0.4, -0.2) is 48.1 Å². The zero-order valence-corrected chi connectivity index (χ0v) is 19.7. The number of rotatable bonds is 7. The number of carbonyl (C=O) groups excluding carboxylic acids is 3. The lowest BCUT2D eigenvalue weighted by atomic mass is 10.2. The van der Waals surface area contributed by atoms with E-state index in [1.807, 2.05) is 0 Å². The number of likely N-dealkylation sites (N-methyl/N-ethyl adjacent to an activating group) is 1. The molecule has 1 fully saturated rings. The van der Waals surface area contributed by atoms with E-state index in [0.29, 0.717) is 31.5 Å². The van der Waals surface area contributed by atoms with Crippen molar-refractivity contribution in [1.82, 2.24) is 4.90 Å². The highest BCUT2D eigenvalue weighted by molar-refractivity contribution is 9.10. The molecular weight excluding hydrogens is 498 g/mol. The SMILES string of the molecule is CCOC(=O)c1cccc(N=C2SC(=Cc3ccc(OCC(N)=O)c(Br)c3)C(=O)N2C)c1. The van der Waals surface area contributed by atoms with Gasteiger partial charge >= 0.3 is 5.97 Å². The number of hydrogen-bond donors (Lipinski definition) is 1. The van der Waals surface area contributed by atoms with Gasteiger partial charge in [-0.05, 0) is 76.6 Å². The van der Waals surface area contributed by atoms with E-state index in [-0.39, 0.29) is 19.1 Å². The maximum absolute atomic E-state index is 12.7. The van der Waals surface area contributed by atoms with Crippen molar-refractivity contribution in [3.63, 3.8) is 0 Å². The standard InChI is InChI=1S/C22H20BrN3O5S/c1-3-30-21(29)14-5-4-6-15(11-14)25-22-26(2)20(28)18(32-22)10-13-7-8-17(16(23)9-13)31-12-19(24)27/h4-11H,3,12H2,1-2H3,(H2,24,27). The van der Waals surface area contributed by atoms with Gasteiger partial charge in [0.05, 0.1) is 27.2 Å². The monoisotopic (exact) mass is 517 g/mol. The van der Waals surface area contributed by atoms with Gasteiger partial charge in [0.2, 0.25) is 0 Å². The summed E-state index contributed by atoms with van der Waals surface area (Å²) < 4.78 is 11.0. The van der Waals surface area contributed by atoms with Crippen LogP contribution in [0.4, 0.5) is 5.69 Å². The van der Waals surface area contributed by atoms with Gasteiger partial charge in [-0.2, -0.15) is 0 Å². The van der Waals surface area contributed by atoms with Crippen molar-refractivity contribution in [2.45, 2.75) is 6.92 Å². The van der Waals surface area contributed by atoms with Crippen LogP contribution in [-0.2, 0) is 14.3 Å². The van der Waals surface area contributed by atoms with E-state index < -0.39 is 11.9 Å². The average Bonchev–Trinajstić information content (AvgIpc) is 3.01. The van der Waals surface area contributed by atoms with Crippen molar-refractivity contribution in [3.8, 4) is 5.75 Å². The number of carbonyl (C=O) groups is 3. The van der Waals surface area contributed by atoms with Gasteiger partial charge in [0.15, 0.2) is 11.8 Å². The quantitative estimate of drug-likeness (QED) is 0.442. The fraction of sp³-hybridized carbons (Fsp3) is 0.182. The molecule has 10 heteroatoms. The fourth-order valence-electron chi connectivity index (χ4n) is 2.70. The van der Waals surface area contributed by atoms with Crippen LogP contribution in [0.2, 0.25) is 0 Å². The Morgan fingerprint density at radius 1 is 1.25 bits per heavy atom. The first-order chi connectivity index (χ1) is 15.3. The maximum Gasteiger partial charge on any atom is 0.338 e. The molecule has 3 rings (SSSR count). The Kier molecular flexibility index (Phi) is 7.70. The number of halogens is 1. The highest BCUT2D eigenvalue weighted by Gasteiger charge is 2.30. The molecule has 2 aromatic carbocycles. The van der Waals surface area contributed by atoms with Crippen molar-refractivity contribution < 1.29 is 23.9 Å². The molecule has 0 atom stereocenters. The topological polar surface area (TPSA) is 111 Å². The Morgan fingerprint density at radius 3 is 2.72 bits per heavy atom. The number of aliphatic imine (C=N–C) groups is 1. The van der Waals surface area contributed by atoms with Crippen LogP contribution in [0.3, 0.4) is 0 Å². The first kappa shape index (κ1) is 23.6. The summed E-state index contributed by atoms with van der Waals surface area (Å²) in [4.78, 5) is 42.0. The number of nitrogens with zero attached hydrogens (tertiary/aromatic N) is 2. The molecule has 2 aromatic rings. The van der Waals surface area contributed by atoms with Gasteiger partial charge in [0.25, 0.3) is 11.8 Å². The first-order valence-corrected chi connectivity index (χ1v) is 11.1. The lowest BCUT2D eigenvalue weighted by molar-refractivity contribution is -0.121. The van der Waals surface area contributed by atoms with Gasteiger partial charge < -0.3 is 15.2 Å². The van der Waals surface area contributed by atoms with Gasteiger partial charge in [-0.25, -0.2) is 9.79 Å². The molecule has 1 saturated heterocycles. The van der Waals surface area contributed by atoms with Crippen molar-refractivity contribution in [3.05, 3.63) is 63.0 Å². The number of primary amides is 1. The normalized spacial score (nSPS) is 16.0. The molecule has 32 heavy (non-hydrogen) atoms. The smallest absolute Gasteiger partial charge is 0.338 e. The molecule has 8 nitrogen and oxygen atoms in total. The van der Waals surface area contributed by atoms with Crippen LogP contribution in [0.25, 0.3) is 6.08 Å². The van der Waals surface area contributed by atoms with E-state index in [9.17, 15) is 14.4 Å². The van der Waals surface area contributed by atoms with Gasteiger partial charge in [0.1, 0.15) is 5.75 Å². The number of nitrogens with two attached hydrogens (primary N) is 1. The van der Waals surface area contributed by atoms with Gasteiger partial charge in [0, 0.05) is 7.05 Å². The van der Waals surface area contributed by atoms with E-state index in [4.69, 9.17) is 15.2 Å². The second-order valence-electron chi connectivity index (χ2n) is 6.58. The van der Waals surface area contributed by atoms with Crippen molar-refractivity contribution in [2.24, 2.45) is 10.7 Å². The lowest BCUT2D eigenvalue weighted by Gasteiger charge is -2.08. The Bertz CT molecular complexity index is 1130. The zero-order valence-electron chi connectivity index (χ0n) is 17.3. The third kappa shape index (κ3) is 5.77. The van der Waals surface area contributed by atoms with Gasteiger partial charge in [-0.15, -0.1) is 0 Å². The number of amides is 2. The van der Waals surface area contributed by atoms with E-state index in [1.54, 1.807) is 62.5 Å². The predicted octanol–water partition coefficient (Wildman–Crippen LogP) is 3.72. The van der Waals surface area contributed by atoms with Crippen molar-refractivity contribution in [2.75, 3.05) is 20.3 Å². The van der Waals surface area contributed by atoms with E-state index in [1.165, 1.54) is 16.7 Å². The minimum absolute atomic E-state index is 0.194. The zero-order chi connectivity index (χ0) is 23.3. The minimum atomic E-state index is -0.571. The van der Waals surface area contributed by atoms with E-state index in [0.717, 1.165) is 5.56 Å². The molecule has 0 saturated carbocycles. The summed E-state index contributed by atoms with van der Waals surface area (Å²) in [7, 11) is 1.64. The number of amidine groups is 1. The summed E-state index contributed by atoms with van der Waals surface area (Å²) in [5, 5.41) is 0.489. The third-order valence-corrected chi connectivity index (χ3v) is 5.89. The predicted molar refractivity (Wildman–Crippen MR) is 127 cm³/mol. The minimum Gasteiger partial charge on any atom is -0.483 e. The summed E-state index contributed by atoms with van der Waals surface area (Å²) in [5.74, 6) is -0.719. The molecular formula is C22H20BrN3O5S. The van der Waals surface area contributed by atoms with Crippen molar-refractivity contribution >= 4 is 62.4 Å². The average molecular weight is 518 g/mol. The Hall–Kier alpha value is -3.11. The molecule has 0 bridgehead atoms. The first-order valence-electron chi connectivity index (χ1n) is 9.52. The van der Waals surface area contributed by atoms with Gasteiger partial charge in [-0.3, -0.25) is 14.5 Å². The van der Waals surface area contributed by atoms with Crippen LogP contribution in [0.1, 0.15) is 22.8 Å². The van der Waals surface area contributed by atoms with Crippen LogP contribution in [0.15, 0.2) is 56.8 Å². The second kappa shape index (κ2) is 10.5. The molecule has 166 valence electrons. The Morgan fingerprint density at radius 2 is 2.03 bits per heavy atom. The molecule has 0 radical (unpaired) electrons. The summed E-state index contributed by atoms with van der Waals surface area (Å²) >= 11 is 4.62. The molecule has 1 aliphatic heterocycles. The number of ether oxygens (including phenoxy) is 2. The number of thioether (sulfide) groups is 1. The summed E-state index contributed by atoms with van der Waals surface area (Å²) in [5.41, 5.74) is 6.79. The van der Waals surface area contributed by atoms with Crippen LogP contribution < -0.4 is 10.5 Å². The summed E-state index contributed by atoms with van der Waals surface area (Å²) in [6.45, 7) is 1.80. The molecule has 1 aliphatic rings. The fourth-order valence-corrected chi connectivity index (χ4v) is 4.20. The summed E-state index contributed by atoms with van der Waals surface area (Å²) in [6, 6.07) is 11.9. The third-order valence-electron chi connectivity index (χ3n) is 4.21. The lowest BCUT2D eigenvalue weighted by Crippen LogP contribution is -2.23. The largest absolute Gasteiger partial charge is 0.483 e. The van der Waals surface area contributed by atoms with Crippen LogP contribution >= 0.6 is 27.7 Å². The maximum atomic E-state index is 12.7. The highest BCUT2D eigenvalue weighted by Crippen LogP contribution is 2.34.